The van der Waals surface area contributed by atoms with Gasteiger partial charge in [-0.05, 0) is 19.1 Å². The van der Waals surface area contributed by atoms with E-state index in [1.807, 2.05) is 31.2 Å². The Balaban J connectivity index is 1.90. The van der Waals surface area contributed by atoms with Crippen LogP contribution in [-0.4, -0.2) is 20.7 Å². The second kappa shape index (κ2) is 5.54. The monoisotopic (exact) mass is 300 g/mol. The van der Waals surface area contributed by atoms with Crippen LogP contribution in [0.5, 0.6) is 0 Å². The number of fused-ring (bicyclic) bond motifs is 1. The minimum atomic E-state index is -0.307. The molecule has 1 amide bonds. The van der Waals surface area contributed by atoms with E-state index in [2.05, 4.69) is 15.4 Å². The molecule has 0 bridgehead atoms. The predicted octanol–water partition coefficient (Wildman–Crippen LogP) is 3.36. The average Bonchev–Trinajstić information content (AvgIpc) is 2.95. The highest BCUT2D eigenvalue weighted by atomic mass is 35.5. The molecule has 0 saturated carbocycles. The predicted molar refractivity (Wildman–Crippen MR) is 82.6 cm³/mol. The Hall–Kier alpha value is -2.40. The molecule has 0 unspecified atom stereocenters. The summed E-state index contributed by atoms with van der Waals surface area (Å²) in [5, 5.41) is 8.20. The van der Waals surface area contributed by atoms with Gasteiger partial charge >= 0.3 is 0 Å². The normalized spacial score (nSPS) is 10.8. The highest BCUT2D eigenvalue weighted by Gasteiger charge is 2.12. The van der Waals surface area contributed by atoms with Crippen LogP contribution < -0.4 is 5.32 Å². The van der Waals surface area contributed by atoms with Gasteiger partial charge in [-0.2, -0.15) is 5.10 Å². The Morgan fingerprint density at radius 3 is 2.95 bits per heavy atom. The number of amides is 1. The number of anilines is 1. The molecule has 0 fully saturated rings. The highest BCUT2D eigenvalue weighted by Crippen LogP contribution is 2.23. The molecule has 3 aromatic rings. The lowest BCUT2D eigenvalue weighted by molar-refractivity contribution is 0.102. The number of halogens is 1. The zero-order valence-electron chi connectivity index (χ0n) is 11.4. The number of carbonyl (C=O) groups is 1. The first-order valence-corrected chi connectivity index (χ1v) is 6.94. The first kappa shape index (κ1) is 13.6. The van der Waals surface area contributed by atoms with Crippen molar-refractivity contribution in [2.45, 2.75) is 13.5 Å². The molecular formula is C15H13ClN4O. The SMILES string of the molecule is CCn1cc(NC(=O)c2cc(Cl)c3ccccc3n2)cn1. The van der Waals surface area contributed by atoms with Gasteiger partial charge in [0.15, 0.2) is 0 Å². The van der Waals surface area contributed by atoms with Crippen molar-refractivity contribution in [1.82, 2.24) is 14.8 Å². The van der Waals surface area contributed by atoms with Crippen molar-refractivity contribution < 1.29 is 4.79 Å². The molecule has 2 heterocycles. The summed E-state index contributed by atoms with van der Waals surface area (Å²) in [4.78, 5) is 16.6. The lowest BCUT2D eigenvalue weighted by Crippen LogP contribution is -2.13. The molecule has 0 aliphatic carbocycles. The summed E-state index contributed by atoms with van der Waals surface area (Å²) in [6.07, 6.45) is 3.37. The van der Waals surface area contributed by atoms with E-state index in [1.54, 1.807) is 23.1 Å². The Kier molecular flexibility index (Phi) is 3.58. The molecule has 6 heteroatoms. The summed E-state index contributed by atoms with van der Waals surface area (Å²) in [5.74, 6) is -0.307. The van der Waals surface area contributed by atoms with Crippen LogP contribution in [0.15, 0.2) is 42.7 Å². The third kappa shape index (κ3) is 2.73. The lowest BCUT2D eigenvalue weighted by Gasteiger charge is -2.05. The lowest BCUT2D eigenvalue weighted by atomic mass is 10.2. The van der Waals surface area contributed by atoms with E-state index in [4.69, 9.17) is 11.6 Å². The van der Waals surface area contributed by atoms with Crippen LogP contribution in [0.3, 0.4) is 0 Å². The van der Waals surface area contributed by atoms with E-state index in [1.165, 1.54) is 0 Å². The zero-order valence-corrected chi connectivity index (χ0v) is 12.1. The molecule has 5 nitrogen and oxygen atoms in total. The van der Waals surface area contributed by atoms with Gasteiger partial charge < -0.3 is 5.32 Å². The molecule has 0 aliphatic rings. The maximum absolute atomic E-state index is 12.2. The number of aryl methyl sites for hydroxylation is 1. The highest BCUT2D eigenvalue weighted by molar-refractivity contribution is 6.35. The van der Waals surface area contributed by atoms with E-state index >= 15 is 0 Å². The third-order valence-corrected chi connectivity index (χ3v) is 3.43. The fourth-order valence-electron chi connectivity index (χ4n) is 2.05. The van der Waals surface area contributed by atoms with Crippen molar-refractivity contribution in [3.63, 3.8) is 0 Å². The van der Waals surface area contributed by atoms with E-state index in [0.717, 1.165) is 11.9 Å². The summed E-state index contributed by atoms with van der Waals surface area (Å²) < 4.78 is 1.73. The number of benzene rings is 1. The van der Waals surface area contributed by atoms with Crippen LogP contribution in [0.2, 0.25) is 5.02 Å². The fourth-order valence-corrected chi connectivity index (χ4v) is 2.31. The van der Waals surface area contributed by atoms with E-state index in [-0.39, 0.29) is 11.6 Å². The number of aromatic nitrogens is 3. The Morgan fingerprint density at radius 2 is 2.19 bits per heavy atom. The minimum Gasteiger partial charge on any atom is -0.318 e. The molecule has 0 atom stereocenters. The van der Waals surface area contributed by atoms with E-state index < -0.39 is 0 Å². The molecule has 2 aromatic heterocycles. The van der Waals surface area contributed by atoms with Crippen LogP contribution in [-0.2, 0) is 6.54 Å². The Bertz CT molecular complexity index is 812. The van der Waals surface area contributed by atoms with Gasteiger partial charge in [0.05, 0.1) is 22.4 Å². The maximum atomic E-state index is 12.2. The summed E-state index contributed by atoms with van der Waals surface area (Å²) in [5.41, 5.74) is 1.61. The zero-order chi connectivity index (χ0) is 14.8. The van der Waals surface area contributed by atoms with Gasteiger partial charge in [-0.25, -0.2) is 4.98 Å². The van der Waals surface area contributed by atoms with Crippen molar-refractivity contribution in [3.8, 4) is 0 Å². The van der Waals surface area contributed by atoms with E-state index in [9.17, 15) is 4.79 Å². The molecule has 0 radical (unpaired) electrons. The molecule has 0 aliphatic heterocycles. The second-order valence-corrected chi connectivity index (χ2v) is 4.95. The van der Waals surface area contributed by atoms with Crippen LogP contribution in [0.25, 0.3) is 10.9 Å². The van der Waals surface area contributed by atoms with Gasteiger partial charge in [0, 0.05) is 18.1 Å². The minimum absolute atomic E-state index is 0.281. The van der Waals surface area contributed by atoms with Gasteiger partial charge in [-0.3, -0.25) is 9.48 Å². The molecule has 1 aromatic carbocycles. The van der Waals surface area contributed by atoms with Crippen molar-refractivity contribution >= 4 is 34.1 Å². The summed E-state index contributed by atoms with van der Waals surface area (Å²) in [7, 11) is 0. The molecule has 106 valence electrons. The number of nitrogens with one attached hydrogen (secondary N) is 1. The van der Waals surface area contributed by atoms with Gasteiger partial charge in [-0.1, -0.05) is 29.8 Å². The fraction of sp³-hybridized carbons (Fsp3) is 0.133. The summed E-state index contributed by atoms with van der Waals surface area (Å²) in [6.45, 7) is 2.72. The van der Waals surface area contributed by atoms with E-state index in [0.29, 0.717) is 16.2 Å². The van der Waals surface area contributed by atoms with Crippen LogP contribution in [0.1, 0.15) is 17.4 Å². The number of pyridine rings is 1. The standard InChI is InChI=1S/C15H13ClN4O/c1-2-20-9-10(8-17-20)18-15(21)14-7-12(16)11-5-3-4-6-13(11)19-14/h3-9H,2H2,1H3,(H,18,21). The van der Waals surface area contributed by atoms with Crippen LogP contribution in [0.4, 0.5) is 5.69 Å². The van der Waals surface area contributed by atoms with Crippen LogP contribution in [0, 0.1) is 0 Å². The molecule has 3 rings (SSSR count). The molecule has 21 heavy (non-hydrogen) atoms. The number of nitrogens with zero attached hydrogens (tertiary/aromatic N) is 3. The number of hydrogen-bond donors (Lipinski definition) is 1. The van der Waals surface area contributed by atoms with Crippen molar-refractivity contribution in [2.24, 2.45) is 0 Å². The summed E-state index contributed by atoms with van der Waals surface area (Å²) >= 11 is 6.20. The molecular weight excluding hydrogens is 288 g/mol. The molecule has 0 saturated heterocycles. The average molecular weight is 301 g/mol. The Morgan fingerprint density at radius 1 is 1.38 bits per heavy atom. The topological polar surface area (TPSA) is 59.8 Å². The number of para-hydroxylation sites is 1. The first-order valence-electron chi connectivity index (χ1n) is 6.56. The van der Waals surface area contributed by atoms with Crippen molar-refractivity contribution in [3.05, 3.63) is 53.4 Å². The molecule has 1 N–H and O–H groups in total. The number of hydrogen-bond acceptors (Lipinski definition) is 3. The first-order chi connectivity index (χ1) is 10.2. The third-order valence-electron chi connectivity index (χ3n) is 3.11. The van der Waals surface area contributed by atoms with Crippen LogP contribution >= 0.6 is 11.6 Å². The summed E-state index contributed by atoms with van der Waals surface area (Å²) in [6, 6.07) is 9.02. The van der Waals surface area contributed by atoms with Crippen molar-refractivity contribution in [2.75, 3.05) is 5.32 Å². The largest absolute Gasteiger partial charge is 0.318 e. The van der Waals surface area contributed by atoms with Crippen molar-refractivity contribution in [1.29, 1.82) is 0 Å². The quantitative estimate of drug-likeness (QED) is 0.807. The second-order valence-electron chi connectivity index (χ2n) is 4.55. The van der Waals surface area contributed by atoms with Gasteiger partial charge in [0.1, 0.15) is 5.69 Å². The van der Waals surface area contributed by atoms with Gasteiger partial charge in [-0.15, -0.1) is 0 Å². The maximum Gasteiger partial charge on any atom is 0.274 e. The number of rotatable bonds is 3. The number of carbonyl (C=O) groups excluding carboxylic acids is 1. The Labute approximate surface area is 126 Å². The molecule has 0 spiro atoms. The van der Waals surface area contributed by atoms with Gasteiger partial charge in [0.2, 0.25) is 0 Å². The van der Waals surface area contributed by atoms with Gasteiger partial charge in [0.25, 0.3) is 5.91 Å². The smallest absolute Gasteiger partial charge is 0.274 e.